The van der Waals surface area contributed by atoms with Gasteiger partial charge in [-0.25, -0.2) is 9.79 Å². The number of ether oxygens (including phenoxy) is 1. The number of carbonyl (C=O) groups is 1. The van der Waals surface area contributed by atoms with Crippen molar-refractivity contribution in [2.24, 2.45) is 10.9 Å². The lowest BCUT2D eigenvalue weighted by Crippen LogP contribution is -2.05. The first-order chi connectivity index (χ1) is 10.6. The number of benzene rings is 1. The third-order valence-electron chi connectivity index (χ3n) is 3.29. The van der Waals surface area contributed by atoms with Crippen LogP contribution in [0, 0.1) is 5.92 Å². The predicted molar refractivity (Wildman–Crippen MR) is 89.9 cm³/mol. The van der Waals surface area contributed by atoms with Gasteiger partial charge in [0.1, 0.15) is 0 Å². The van der Waals surface area contributed by atoms with Gasteiger partial charge in [-0.3, -0.25) is 0 Å². The number of rotatable bonds is 4. The molecule has 3 rings (SSSR count). The largest absolute Gasteiger partial charge is 0.402 e. The van der Waals surface area contributed by atoms with Crippen LogP contribution in [0.15, 0.2) is 52.5 Å². The van der Waals surface area contributed by atoms with Crippen molar-refractivity contribution in [2.45, 2.75) is 20.3 Å². The molecule has 2 heterocycles. The Hall–Kier alpha value is -2.20. The van der Waals surface area contributed by atoms with Crippen LogP contribution in [0.5, 0.6) is 0 Å². The first-order valence-electron chi connectivity index (χ1n) is 7.27. The van der Waals surface area contributed by atoms with E-state index in [-0.39, 0.29) is 0 Å². The van der Waals surface area contributed by atoms with E-state index < -0.39 is 5.97 Å². The SMILES string of the molecule is CC(C)Cc1ccc(C2=NC(=Cc3cccs3)C(=O)O2)cc1. The lowest BCUT2D eigenvalue weighted by Gasteiger charge is -2.05. The Labute approximate surface area is 134 Å². The molecule has 22 heavy (non-hydrogen) atoms. The molecule has 0 amide bonds. The van der Waals surface area contributed by atoms with E-state index in [9.17, 15) is 4.79 Å². The van der Waals surface area contributed by atoms with Gasteiger partial charge in [0, 0.05) is 10.4 Å². The second-order valence-electron chi connectivity index (χ2n) is 5.65. The Bertz CT molecular complexity index is 725. The van der Waals surface area contributed by atoms with Crippen LogP contribution in [-0.4, -0.2) is 11.9 Å². The molecule has 112 valence electrons. The normalized spacial score (nSPS) is 16.2. The van der Waals surface area contributed by atoms with E-state index in [2.05, 4.69) is 31.0 Å². The van der Waals surface area contributed by atoms with Crippen molar-refractivity contribution in [2.75, 3.05) is 0 Å². The average molecular weight is 311 g/mol. The molecule has 4 heteroatoms. The van der Waals surface area contributed by atoms with Crippen LogP contribution < -0.4 is 0 Å². The standard InChI is InChI=1S/C18H17NO2S/c1-12(2)10-13-5-7-14(8-6-13)17-19-16(18(20)21-17)11-15-4-3-9-22-15/h3-9,11-12H,10H2,1-2H3. The van der Waals surface area contributed by atoms with Crippen LogP contribution in [0.4, 0.5) is 0 Å². The minimum atomic E-state index is -0.394. The Balaban J connectivity index is 1.82. The van der Waals surface area contributed by atoms with Gasteiger partial charge in [-0.05, 0) is 47.6 Å². The molecule has 0 bridgehead atoms. The van der Waals surface area contributed by atoms with Crippen LogP contribution in [-0.2, 0) is 16.0 Å². The fraction of sp³-hybridized carbons (Fsp3) is 0.222. The number of aliphatic imine (C=N–C) groups is 1. The quantitative estimate of drug-likeness (QED) is 0.624. The molecule has 0 spiro atoms. The lowest BCUT2D eigenvalue weighted by molar-refractivity contribution is -0.129. The second kappa shape index (κ2) is 6.28. The van der Waals surface area contributed by atoms with Crippen molar-refractivity contribution in [1.82, 2.24) is 0 Å². The molecule has 0 radical (unpaired) electrons. The molecule has 0 saturated heterocycles. The van der Waals surface area contributed by atoms with Crippen molar-refractivity contribution >= 4 is 29.3 Å². The summed E-state index contributed by atoms with van der Waals surface area (Å²) in [6, 6.07) is 11.9. The molecule has 0 N–H and O–H groups in total. The summed E-state index contributed by atoms with van der Waals surface area (Å²) in [6.45, 7) is 4.39. The first-order valence-corrected chi connectivity index (χ1v) is 8.15. The maximum absolute atomic E-state index is 11.9. The van der Waals surface area contributed by atoms with Gasteiger partial charge < -0.3 is 4.74 Å². The maximum atomic E-state index is 11.9. The number of cyclic esters (lactones) is 1. The number of carbonyl (C=O) groups excluding carboxylic acids is 1. The van der Waals surface area contributed by atoms with Crippen molar-refractivity contribution in [3.05, 3.63) is 63.5 Å². The van der Waals surface area contributed by atoms with E-state index in [1.807, 2.05) is 29.6 Å². The van der Waals surface area contributed by atoms with Crippen LogP contribution in [0.25, 0.3) is 6.08 Å². The Morgan fingerprint density at radius 2 is 2.00 bits per heavy atom. The van der Waals surface area contributed by atoms with Crippen LogP contribution in [0.1, 0.15) is 29.9 Å². The Morgan fingerprint density at radius 3 is 2.64 bits per heavy atom. The zero-order chi connectivity index (χ0) is 15.5. The summed E-state index contributed by atoms with van der Waals surface area (Å²) in [5.41, 5.74) is 2.46. The number of hydrogen-bond acceptors (Lipinski definition) is 4. The van der Waals surface area contributed by atoms with Gasteiger partial charge in [-0.1, -0.05) is 32.0 Å². The average Bonchev–Trinajstić information content (AvgIpc) is 3.10. The first kappa shape index (κ1) is 14.7. The third-order valence-corrected chi connectivity index (χ3v) is 4.11. The Kier molecular flexibility index (Phi) is 4.20. The van der Waals surface area contributed by atoms with Crippen LogP contribution in [0.3, 0.4) is 0 Å². The topological polar surface area (TPSA) is 38.7 Å². The highest BCUT2D eigenvalue weighted by molar-refractivity contribution is 7.10. The van der Waals surface area contributed by atoms with E-state index in [1.54, 1.807) is 17.4 Å². The molecule has 2 aromatic rings. The summed E-state index contributed by atoms with van der Waals surface area (Å²) < 4.78 is 5.28. The van der Waals surface area contributed by atoms with E-state index in [0.717, 1.165) is 16.9 Å². The van der Waals surface area contributed by atoms with Crippen molar-refractivity contribution in [1.29, 1.82) is 0 Å². The molecule has 0 fully saturated rings. The van der Waals surface area contributed by atoms with E-state index in [4.69, 9.17) is 4.74 Å². The number of nitrogens with zero attached hydrogens (tertiary/aromatic N) is 1. The fourth-order valence-electron chi connectivity index (χ4n) is 2.30. The maximum Gasteiger partial charge on any atom is 0.363 e. The van der Waals surface area contributed by atoms with Crippen molar-refractivity contribution in [3.8, 4) is 0 Å². The lowest BCUT2D eigenvalue weighted by atomic mass is 10.0. The molecule has 1 aromatic heterocycles. The zero-order valence-electron chi connectivity index (χ0n) is 12.6. The Morgan fingerprint density at radius 1 is 1.23 bits per heavy atom. The molecule has 1 aromatic carbocycles. The van der Waals surface area contributed by atoms with E-state index >= 15 is 0 Å². The summed E-state index contributed by atoms with van der Waals surface area (Å²) in [7, 11) is 0. The van der Waals surface area contributed by atoms with Gasteiger partial charge in [0.05, 0.1) is 0 Å². The number of hydrogen-bond donors (Lipinski definition) is 0. The highest BCUT2D eigenvalue weighted by atomic mass is 32.1. The fourth-order valence-corrected chi connectivity index (χ4v) is 2.95. The van der Waals surface area contributed by atoms with Crippen LogP contribution in [0.2, 0.25) is 0 Å². The van der Waals surface area contributed by atoms with Crippen LogP contribution >= 0.6 is 11.3 Å². The highest BCUT2D eigenvalue weighted by Gasteiger charge is 2.24. The van der Waals surface area contributed by atoms with E-state index in [0.29, 0.717) is 17.5 Å². The minimum absolute atomic E-state index is 0.351. The third kappa shape index (κ3) is 3.34. The van der Waals surface area contributed by atoms with Gasteiger partial charge in [-0.2, -0.15) is 0 Å². The van der Waals surface area contributed by atoms with Crippen molar-refractivity contribution < 1.29 is 9.53 Å². The van der Waals surface area contributed by atoms with Gasteiger partial charge in [0.15, 0.2) is 5.70 Å². The zero-order valence-corrected chi connectivity index (χ0v) is 13.4. The molecule has 0 atom stereocenters. The molecule has 3 nitrogen and oxygen atoms in total. The van der Waals surface area contributed by atoms with Gasteiger partial charge in [0.2, 0.25) is 5.90 Å². The smallest absolute Gasteiger partial charge is 0.363 e. The summed E-state index contributed by atoms with van der Waals surface area (Å²) in [5.74, 6) is 0.603. The highest BCUT2D eigenvalue weighted by Crippen LogP contribution is 2.21. The molecule has 0 unspecified atom stereocenters. The van der Waals surface area contributed by atoms with Gasteiger partial charge in [-0.15, -0.1) is 11.3 Å². The number of thiophene rings is 1. The molecule has 1 aliphatic heterocycles. The minimum Gasteiger partial charge on any atom is -0.402 e. The van der Waals surface area contributed by atoms with Gasteiger partial charge >= 0.3 is 5.97 Å². The van der Waals surface area contributed by atoms with E-state index in [1.165, 1.54) is 5.56 Å². The van der Waals surface area contributed by atoms with Crippen molar-refractivity contribution in [3.63, 3.8) is 0 Å². The number of esters is 1. The molecule has 0 saturated carbocycles. The molecule has 1 aliphatic rings. The van der Waals surface area contributed by atoms with Gasteiger partial charge in [0.25, 0.3) is 0 Å². The summed E-state index contributed by atoms with van der Waals surface area (Å²) in [5, 5.41) is 1.96. The monoisotopic (exact) mass is 311 g/mol. The summed E-state index contributed by atoms with van der Waals surface area (Å²) >= 11 is 1.56. The summed E-state index contributed by atoms with van der Waals surface area (Å²) in [6.07, 6.45) is 2.79. The predicted octanol–water partition coefficient (Wildman–Crippen LogP) is 4.29. The molecule has 0 aliphatic carbocycles. The summed E-state index contributed by atoms with van der Waals surface area (Å²) in [4.78, 5) is 17.2. The second-order valence-corrected chi connectivity index (χ2v) is 6.63. The molecular weight excluding hydrogens is 294 g/mol. The molecular formula is C18H17NO2S.